The number of methoxy groups -OCH3 is 2. The topological polar surface area (TPSA) is 64.8 Å². The first-order chi connectivity index (χ1) is 11.2. The molecule has 2 aromatic rings. The molecule has 5 nitrogen and oxygen atoms in total. The molecule has 0 spiro atoms. The van der Waals surface area contributed by atoms with Gasteiger partial charge in [0.2, 0.25) is 0 Å². The van der Waals surface area contributed by atoms with Crippen molar-refractivity contribution in [1.29, 1.82) is 0 Å². The number of fused-ring (bicyclic) bond motifs is 1. The lowest BCUT2D eigenvalue weighted by atomic mass is 10.0. The van der Waals surface area contributed by atoms with Gasteiger partial charge in [-0.25, -0.2) is 0 Å². The van der Waals surface area contributed by atoms with Crippen molar-refractivity contribution in [2.75, 3.05) is 31.4 Å². The molecule has 2 N–H and O–H groups in total. The minimum Gasteiger partial charge on any atom is -0.493 e. The molecule has 120 valence electrons. The normalized spacial score (nSPS) is 13.4. The number of hydrogen-bond acceptors (Lipinski definition) is 4. The summed E-state index contributed by atoms with van der Waals surface area (Å²) in [4.78, 5) is 14.9. The minimum atomic E-state index is -0.125. The van der Waals surface area contributed by atoms with E-state index in [-0.39, 0.29) is 5.91 Å². The maximum Gasteiger partial charge on any atom is 0.262 e. The summed E-state index contributed by atoms with van der Waals surface area (Å²) in [6.07, 6.45) is 1.92. The van der Waals surface area contributed by atoms with E-state index in [0.29, 0.717) is 29.3 Å². The fraction of sp³-hybridized carbons (Fsp3) is 0.278. The van der Waals surface area contributed by atoms with Crippen LogP contribution in [0.5, 0.6) is 11.5 Å². The molecular weight excluding hydrogens is 292 g/mol. The van der Waals surface area contributed by atoms with Crippen LogP contribution in [-0.4, -0.2) is 26.7 Å². The van der Waals surface area contributed by atoms with E-state index in [9.17, 15) is 4.79 Å². The van der Waals surface area contributed by atoms with E-state index in [1.165, 1.54) is 19.8 Å². The molecule has 0 radical (unpaired) electrons. The molecule has 1 amide bonds. The fourth-order valence-electron chi connectivity index (χ4n) is 3.03. The molecule has 0 saturated heterocycles. The number of amides is 1. The molecule has 23 heavy (non-hydrogen) atoms. The smallest absolute Gasteiger partial charge is 0.262 e. The second-order valence-corrected chi connectivity index (χ2v) is 5.49. The highest BCUT2D eigenvalue weighted by Gasteiger charge is 2.27. The van der Waals surface area contributed by atoms with Gasteiger partial charge in [0.1, 0.15) is 0 Å². The van der Waals surface area contributed by atoms with Crippen molar-refractivity contribution >= 4 is 17.3 Å². The summed E-state index contributed by atoms with van der Waals surface area (Å²) in [6, 6.07) is 11.3. The zero-order valence-electron chi connectivity index (χ0n) is 13.3. The number of ether oxygens (including phenoxy) is 2. The van der Waals surface area contributed by atoms with E-state index in [0.717, 1.165) is 18.5 Å². The van der Waals surface area contributed by atoms with Gasteiger partial charge in [-0.05, 0) is 30.5 Å². The number of carbonyl (C=O) groups is 1. The molecule has 0 unspecified atom stereocenters. The fourth-order valence-corrected chi connectivity index (χ4v) is 3.03. The summed E-state index contributed by atoms with van der Waals surface area (Å²) >= 11 is 0. The SMILES string of the molecule is COc1cc(N)cc(C(=O)N2CCCc3ccccc32)c1OC. The van der Waals surface area contributed by atoms with Crippen LogP contribution in [0.1, 0.15) is 22.3 Å². The Bertz CT molecular complexity index is 743. The Kier molecular flexibility index (Phi) is 4.10. The van der Waals surface area contributed by atoms with Crippen LogP contribution in [0.3, 0.4) is 0 Å². The third-order valence-electron chi connectivity index (χ3n) is 4.09. The van der Waals surface area contributed by atoms with E-state index in [1.54, 1.807) is 17.0 Å². The van der Waals surface area contributed by atoms with Crippen LogP contribution in [0.15, 0.2) is 36.4 Å². The number of benzene rings is 2. The van der Waals surface area contributed by atoms with Gasteiger partial charge in [0.15, 0.2) is 11.5 Å². The highest BCUT2D eigenvalue weighted by molar-refractivity contribution is 6.09. The van der Waals surface area contributed by atoms with Gasteiger partial charge in [-0.3, -0.25) is 4.79 Å². The van der Waals surface area contributed by atoms with Crippen molar-refractivity contribution in [3.05, 3.63) is 47.5 Å². The quantitative estimate of drug-likeness (QED) is 0.885. The van der Waals surface area contributed by atoms with Crippen molar-refractivity contribution in [1.82, 2.24) is 0 Å². The third kappa shape index (κ3) is 2.70. The Morgan fingerprint density at radius 3 is 2.70 bits per heavy atom. The van der Waals surface area contributed by atoms with Gasteiger partial charge >= 0.3 is 0 Å². The largest absolute Gasteiger partial charge is 0.493 e. The van der Waals surface area contributed by atoms with Gasteiger partial charge in [0.05, 0.1) is 19.8 Å². The Morgan fingerprint density at radius 2 is 1.96 bits per heavy atom. The number of nitrogen functional groups attached to an aromatic ring is 1. The van der Waals surface area contributed by atoms with Crippen LogP contribution in [0.25, 0.3) is 0 Å². The number of nitrogens with two attached hydrogens (primary N) is 1. The molecular formula is C18H20N2O3. The minimum absolute atomic E-state index is 0.125. The van der Waals surface area contributed by atoms with Gasteiger partial charge in [-0.15, -0.1) is 0 Å². The first kappa shape index (κ1) is 15.2. The zero-order chi connectivity index (χ0) is 16.4. The Hall–Kier alpha value is -2.69. The highest BCUT2D eigenvalue weighted by atomic mass is 16.5. The van der Waals surface area contributed by atoms with E-state index in [1.807, 2.05) is 18.2 Å². The van der Waals surface area contributed by atoms with Crippen LogP contribution < -0.4 is 20.1 Å². The first-order valence-corrected chi connectivity index (χ1v) is 7.57. The summed E-state index contributed by atoms with van der Waals surface area (Å²) in [5, 5.41) is 0. The number of para-hydroxylation sites is 1. The van der Waals surface area contributed by atoms with E-state index in [2.05, 4.69) is 6.07 Å². The lowest BCUT2D eigenvalue weighted by molar-refractivity contribution is 0.0981. The Morgan fingerprint density at radius 1 is 1.17 bits per heavy atom. The van der Waals surface area contributed by atoms with Crippen molar-refractivity contribution in [3.63, 3.8) is 0 Å². The summed E-state index contributed by atoms with van der Waals surface area (Å²) in [5.41, 5.74) is 8.93. The number of aryl methyl sites for hydroxylation is 1. The molecule has 3 rings (SSSR count). The summed E-state index contributed by atoms with van der Waals surface area (Å²) in [5.74, 6) is 0.746. The number of anilines is 2. The molecule has 0 atom stereocenters. The Balaban J connectivity index is 2.07. The molecule has 5 heteroatoms. The van der Waals surface area contributed by atoms with Crippen LogP contribution in [0, 0.1) is 0 Å². The number of nitrogens with zero attached hydrogens (tertiary/aromatic N) is 1. The number of carbonyl (C=O) groups excluding carboxylic acids is 1. The van der Waals surface area contributed by atoms with Crippen molar-refractivity contribution < 1.29 is 14.3 Å². The molecule has 0 aliphatic carbocycles. The number of hydrogen-bond donors (Lipinski definition) is 1. The summed E-state index contributed by atoms with van der Waals surface area (Å²) in [7, 11) is 3.05. The molecule has 0 bridgehead atoms. The highest BCUT2D eigenvalue weighted by Crippen LogP contribution is 2.36. The zero-order valence-corrected chi connectivity index (χ0v) is 13.3. The predicted octanol–water partition coefficient (Wildman–Crippen LogP) is 2.88. The third-order valence-corrected chi connectivity index (χ3v) is 4.09. The molecule has 2 aromatic carbocycles. The summed E-state index contributed by atoms with van der Waals surface area (Å²) in [6.45, 7) is 0.677. The lowest BCUT2D eigenvalue weighted by Gasteiger charge is -2.30. The van der Waals surface area contributed by atoms with Gasteiger partial charge in [-0.2, -0.15) is 0 Å². The van der Waals surface area contributed by atoms with Crippen LogP contribution >= 0.6 is 0 Å². The van der Waals surface area contributed by atoms with Gasteiger partial charge < -0.3 is 20.1 Å². The van der Waals surface area contributed by atoms with Crippen molar-refractivity contribution in [2.45, 2.75) is 12.8 Å². The van der Waals surface area contributed by atoms with E-state index < -0.39 is 0 Å². The number of rotatable bonds is 3. The standard InChI is InChI=1S/C18H20N2O3/c1-22-16-11-13(19)10-14(17(16)23-2)18(21)20-9-5-7-12-6-3-4-8-15(12)20/h3-4,6,8,10-11H,5,7,9,19H2,1-2H3. The molecule has 0 saturated carbocycles. The average Bonchev–Trinajstić information content (AvgIpc) is 2.59. The van der Waals surface area contributed by atoms with Crippen molar-refractivity contribution in [2.24, 2.45) is 0 Å². The maximum atomic E-state index is 13.1. The molecule has 1 aliphatic rings. The lowest BCUT2D eigenvalue weighted by Crippen LogP contribution is -2.35. The first-order valence-electron chi connectivity index (χ1n) is 7.57. The molecule has 1 heterocycles. The molecule has 0 aromatic heterocycles. The van der Waals surface area contributed by atoms with Gasteiger partial charge in [0, 0.05) is 24.0 Å². The molecule has 1 aliphatic heterocycles. The van der Waals surface area contributed by atoms with Crippen LogP contribution in [0.4, 0.5) is 11.4 Å². The summed E-state index contributed by atoms with van der Waals surface area (Å²) < 4.78 is 10.7. The predicted molar refractivity (Wildman–Crippen MR) is 90.4 cm³/mol. The van der Waals surface area contributed by atoms with Crippen LogP contribution in [-0.2, 0) is 6.42 Å². The second-order valence-electron chi connectivity index (χ2n) is 5.49. The van der Waals surface area contributed by atoms with Crippen molar-refractivity contribution in [3.8, 4) is 11.5 Å². The van der Waals surface area contributed by atoms with E-state index >= 15 is 0 Å². The van der Waals surface area contributed by atoms with Crippen LogP contribution in [0.2, 0.25) is 0 Å². The molecule has 0 fully saturated rings. The average molecular weight is 312 g/mol. The maximum absolute atomic E-state index is 13.1. The van der Waals surface area contributed by atoms with Gasteiger partial charge in [-0.1, -0.05) is 18.2 Å². The second kappa shape index (κ2) is 6.20. The van der Waals surface area contributed by atoms with Gasteiger partial charge in [0.25, 0.3) is 5.91 Å². The van der Waals surface area contributed by atoms with E-state index in [4.69, 9.17) is 15.2 Å². The monoisotopic (exact) mass is 312 g/mol. The Labute approximate surface area is 135 Å².